The van der Waals surface area contributed by atoms with E-state index in [1.807, 2.05) is 0 Å². The van der Waals surface area contributed by atoms with Crippen molar-refractivity contribution >= 4 is 11.7 Å². The third-order valence-electron chi connectivity index (χ3n) is 2.92. The van der Waals surface area contributed by atoms with Crippen molar-refractivity contribution in [1.82, 2.24) is 0 Å². The number of halogens is 2. The number of nitrogens with one attached hydrogen (secondary N) is 1. The van der Waals surface area contributed by atoms with Crippen molar-refractivity contribution in [2.75, 3.05) is 12.4 Å². The van der Waals surface area contributed by atoms with Crippen LogP contribution in [0.1, 0.15) is 11.6 Å². The maximum Gasteiger partial charge on any atom is 0.331 e. The van der Waals surface area contributed by atoms with Crippen LogP contribution in [-0.4, -0.2) is 18.2 Å². The van der Waals surface area contributed by atoms with Gasteiger partial charge in [-0.1, -0.05) is 12.1 Å². The molecule has 2 aromatic rings. The first-order valence-electron chi connectivity index (χ1n) is 6.10. The molecule has 2 aromatic carbocycles. The minimum absolute atomic E-state index is 0.379. The van der Waals surface area contributed by atoms with Gasteiger partial charge in [0, 0.05) is 11.8 Å². The Morgan fingerprint density at radius 2 is 1.81 bits per heavy atom. The van der Waals surface area contributed by atoms with Crippen molar-refractivity contribution in [2.24, 2.45) is 0 Å². The molecule has 0 heterocycles. The number of carboxylic acids is 1. The lowest BCUT2D eigenvalue weighted by atomic mass is 10.0. The van der Waals surface area contributed by atoms with Crippen molar-refractivity contribution in [3.8, 4) is 5.75 Å². The Labute approximate surface area is 120 Å². The molecule has 0 saturated carbocycles. The Kier molecular flexibility index (Phi) is 4.37. The van der Waals surface area contributed by atoms with Crippen LogP contribution in [0.15, 0.2) is 42.5 Å². The van der Waals surface area contributed by atoms with Crippen LogP contribution in [0.5, 0.6) is 5.75 Å². The summed E-state index contributed by atoms with van der Waals surface area (Å²) in [4.78, 5) is 11.3. The summed E-state index contributed by atoms with van der Waals surface area (Å²) in [6.45, 7) is 0. The molecule has 0 bridgehead atoms. The van der Waals surface area contributed by atoms with Gasteiger partial charge in [0.25, 0.3) is 0 Å². The molecule has 6 heteroatoms. The summed E-state index contributed by atoms with van der Waals surface area (Å²) in [5, 5.41) is 11.8. The van der Waals surface area contributed by atoms with E-state index in [1.165, 1.54) is 19.2 Å². The van der Waals surface area contributed by atoms with Gasteiger partial charge in [-0.25, -0.2) is 13.6 Å². The molecule has 110 valence electrons. The van der Waals surface area contributed by atoms with Gasteiger partial charge in [0.1, 0.15) is 17.4 Å². The van der Waals surface area contributed by atoms with E-state index >= 15 is 0 Å². The molecule has 0 fully saturated rings. The van der Waals surface area contributed by atoms with Crippen LogP contribution >= 0.6 is 0 Å². The van der Waals surface area contributed by atoms with Crippen LogP contribution in [-0.2, 0) is 4.79 Å². The Hall–Kier alpha value is -2.63. The molecule has 2 rings (SSSR count). The molecule has 0 aromatic heterocycles. The van der Waals surface area contributed by atoms with Crippen LogP contribution in [0.2, 0.25) is 0 Å². The van der Waals surface area contributed by atoms with Gasteiger partial charge < -0.3 is 15.2 Å². The van der Waals surface area contributed by atoms with Gasteiger partial charge in [-0.2, -0.15) is 0 Å². The molecule has 21 heavy (non-hydrogen) atoms. The number of carboxylic acid groups (broad SMARTS) is 1. The molecule has 0 spiro atoms. The van der Waals surface area contributed by atoms with Crippen LogP contribution in [0.25, 0.3) is 0 Å². The second kappa shape index (κ2) is 6.21. The third-order valence-corrected chi connectivity index (χ3v) is 2.92. The third kappa shape index (κ3) is 3.28. The summed E-state index contributed by atoms with van der Waals surface area (Å²) in [5.74, 6) is -2.73. The average Bonchev–Trinajstić information content (AvgIpc) is 2.46. The summed E-state index contributed by atoms with van der Waals surface area (Å²) in [6.07, 6.45) is 0. The lowest BCUT2D eigenvalue weighted by Crippen LogP contribution is -2.23. The molecule has 1 atom stereocenters. The van der Waals surface area contributed by atoms with Gasteiger partial charge in [-0.3, -0.25) is 0 Å². The first-order chi connectivity index (χ1) is 10.0. The summed E-state index contributed by atoms with van der Waals surface area (Å²) in [5.41, 5.74) is -0.155. The number of hydrogen-bond acceptors (Lipinski definition) is 3. The zero-order valence-electron chi connectivity index (χ0n) is 11.1. The SMILES string of the molecule is COc1cccc(NC(C(=O)O)c2c(F)cccc2F)c1. The van der Waals surface area contributed by atoms with E-state index in [-0.39, 0.29) is 0 Å². The maximum absolute atomic E-state index is 13.7. The largest absolute Gasteiger partial charge is 0.497 e. The van der Waals surface area contributed by atoms with Crippen LogP contribution < -0.4 is 10.1 Å². The summed E-state index contributed by atoms with van der Waals surface area (Å²) in [7, 11) is 1.46. The monoisotopic (exact) mass is 293 g/mol. The number of rotatable bonds is 5. The molecule has 0 amide bonds. The van der Waals surface area contributed by atoms with Gasteiger partial charge in [0.05, 0.1) is 12.7 Å². The lowest BCUT2D eigenvalue weighted by Gasteiger charge is -2.17. The van der Waals surface area contributed by atoms with Gasteiger partial charge in [-0.05, 0) is 24.3 Å². The van der Waals surface area contributed by atoms with E-state index in [4.69, 9.17) is 4.74 Å². The van der Waals surface area contributed by atoms with Crippen molar-refractivity contribution in [3.63, 3.8) is 0 Å². The molecular formula is C15H13F2NO3. The van der Waals surface area contributed by atoms with E-state index in [1.54, 1.807) is 18.2 Å². The predicted octanol–water partition coefficient (Wildman–Crippen LogP) is 3.21. The minimum atomic E-state index is -1.54. The number of ether oxygens (including phenoxy) is 1. The molecule has 0 radical (unpaired) electrons. The Balaban J connectivity index is 2.38. The van der Waals surface area contributed by atoms with Gasteiger partial charge in [-0.15, -0.1) is 0 Å². The molecule has 0 saturated heterocycles. The fraction of sp³-hybridized carbons (Fsp3) is 0.133. The van der Waals surface area contributed by atoms with E-state index in [0.717, 1.165) is 12.1 Å². The first kappa shape index (κ1) is 14.8. The molecular weight excluding hydrogens is 280 g/mol. The molecule has 0 aliphatic carbocycles. The average molecular weight is 293 g/mol. The highest BCUT2D eigenvalue weighted by atomic mass is 19.1. The van der Waals surface area contributed by atoms with E-state index in [0.29, 0.717) is 11.4 Å². The number of carbonyl (C=O) groups is 1. The maximum atomic E-state index is 13.7. The highest BCUT2D eigenvalue weighted by molar-refractivity contribution is 5.79. The second-order valence-corrected chi connectivity index (χ2v) is 4.28. The first-order valence-corrected chi connectivity index (χ1v) is 6.10. The van der Waals surface area contributed by atoms with Crippen molar-refractivity contribution in [1.29, 1.82) is 0 Å². The minimum Gasteiger partial charge on any atom is -0.497 e. The lowest BCUT2D eigenvalue weighted by molar-refractivity contribution is -0.138. The van der Waals surface area contributed by atoms with Crippen LogP contribution in [0.3, 0.4) is 0 Å². The van der Waals surface area contributed by atoms with Crippen LogP contribution in [0.4, 0.5) is 14.5 Å². The van der Waals surface area contributed by atoms with Crippen molar-refractivity contribution in [3.05, 3.63) is 59.7 Å². The molecule has 2 N–H and O–H groups in total. The number of benzene rings is 2. The highest BCUT2D eigenvalue weighted by Gasteiger charge is 2.26. The van der Waals surface area contributed by atoms with E-state index in [2.05, 4.69) is 5.32 Å². The Morgan fingerprint density at radius 1 is 1.19 bits per heavy atom. The highest BCUT2D eigenvalue weighted by Crippen LogP contribution is 2.26. The zero-order chi connectivity index (χ0) is 15.4. The normalized spacial score (nSPS) is 11.8. The van der Waals surface area contributed by atoms with Crippen molar-refractivity contribution in [2.45, 2.75) is 6.04 Å². The van der Waals surface area contributed by atoms with Gasteiger partial charge in [0.15, 0.2) is 6.04 Å². The smallest absolute Gasteiger partial charge is 0.331 e. The van der Waals surface area contributed by atoms with E-state index in [9.17, 15) is 18.7 Å². The quantitative estimate of drug-likeness (QED) is 0.888. The predicted molar refractivity (Wildman–Crippen MR) is 73.4 cm³/mol. The van der Waals surface area contributed by atoms with Crippen LogP contribution in [0, 0.1) is 11.6 Å². The number of aliphatic carboxylic acids is 1. The molecule has 1 unspecified atom stereocenters. The van der Waals surface area contributed by atoms with Gasteiger partial charge >= 0.3 is 5.97 Å². The standard InChI is InChI=1S/C15H13F2NO3/c1-21-10-5-2-4-9(8-10)18-14(15(19)20)13-11(16)6-3-7-12(13)17/h2-8,14,18H,1H3,(H,19,20). The number of hydrogen-bond donors (Lipinski definition) is 2. The number of methoxy groups -OCH3 is 1. The van der Waals surface area contributed by atoms with E-state index < -0.39 is 29.2 Å². The second-order valence-electron chi connectivity index (χ2n) is 4.28. The fourth-order valence-electron chi connectivity index (χ4n) is 1.92. The summed E-state index contributed by atoms with van der Waals surface area (Å²) >= 11 is 0. The zero-order valence-corrected chi connectivity index (χ0v) is 11.1. The molecule has 0 aliphatic heterocycles. The molecule has 0 aliphatic rings. The molecule has 4 nitrogen and oxygen atoms in total. The Morgan fingerprint density at radius 3 is 2.38 bits per heavy atom. The van der Waals surface area contributed by atoms with Crippen molar-refractivity contribution < 1.29 is 23.4 Å². The van der Waals surface area contributed by atoms with Gasteiger partial charge in [0.2, 0.25) is 0 Å². The number of anilines is 1. The summed E-state index contributed by atoms with van der Waals surface area (Å²) in [6, 6.07) is 8.09. The fourth-order valence-corrected chi connectivity index (χ4v) is 1.92. The summed E-state index contributed by atoms with van der Waals surface area (Å²) < 4.78 is 32.5. The Bertz CT molecular complexity index is 641. The topological polar surface area (TPSA) is 58.6 Å².